The number of carbonyl (C=O) groups excluding carboxylic acids is 2. The highest BCUT2D eigenvalue weighted by Gasteiger charge is 2.25. The second kappa shape index (κ2) is 10.3. The topological polar surface area (TPSA) is 120 Å². The molecule has 4 N–H and O–H groups in total. The highest BCUT2D eigenvalue weighted by Crippen LogP contribution is 2.27. The van der Waals surface area contributed by atoms with Crippen molar-refractivity contribution in [3.63, 3.8) is 0 Å². The van der Waals surface area contributed by atoms with E-state index in [4.69, 9.17) is 11.6 Å². The van der Waals surface area contributed by atoms with Crippen LogP contribution < -0.4 is 16.0 Å². The number of aromatic nitrogens is 1. The van der Waals surface area contributed by atoms with Gasteiger partial charge in [0.25, 0.3) is 5.91 Å². The summed E-state index contributed by atoms with van der Waals surface area (Å²) >= 11 is 7.06. The maximum Gasteiger partial charge on any atom is 0.326 e. The first-order chi connectivity index (χ1) is 15.2. The molecule has 0 bridgehead atoms. The largest absolute Gasteiger partial charge is 0.480 e. The highest BCUT2D eigenvalue weighted by molar-refractivity contribution is 7.17. The van der Waals surface area contributed by atoms with Crippen LogP contribution in [-0.2, 0) is 4.79 Å². The standard InChI is InChI=1S/C22H21ClN4O4S/c1-12(2)18(21(29)30)27-19(28)20-24-11-17(32-20)13-6-8-15(9-7-13)25-22(31)26-16-5-3-4-14(23)10-16/h3-12,18H,1-2H3,(H,27,28)(H,29,30)(H2,25,26,31)/t18-/m0/s1. The number of benzene rings is 2. The number of aliphatic carboxylic acids is 1. The zero-order valence-electron chi connectivity index (χ0n) is 17.3. The molecule has 0 spiro atoms. The molecule has 0 saturated carbocycles. The fraction of sp³-hybridized carbons (Fsp3) is 0.182. The van der Waals surface area contributed by atoms with Crippen molar-refractivity contribution < 1.29 is 19.5 Å². The maximum absolute atomic E-state index is 12.4. The number of nitrogens with one attached hydrogen (secondary N) is 3. The van der Waals surface area contributed by atoms with Crippen LogP contribution in [0, 0.1) is 5.92 Å². The zero-order chi connectivity index (χ0) is 23.3. The number of carboxylic acid groups (broad SMARTS) is 1. The van der Waals surface area contributed by atoms with Crippen LogP contribution in [0.1, 0.15) is 23.6 Å². The average molecular weight is 473 g/mol. The van der Waals surface area contributed by atoms with Gasteiger partial charge in [-0.25, -0.2) is 14.6 Å². The Labute approximate surface area is 193 Å². The van der Waals surface area contributed by atoms with Gasteiger partial charge in [0.2, 0.25) is 0 Å². The summed E-state index contributed by atoms with van der Waals surface area (Å²) < 4.78 is 0. The molecule has 0 fully saturated rings. The number of carboxylic acids is 1. The molecule has 0 radical (unpaired) electrons. The monoisotopic (exact) mass is 472 g/mol. The molecule has 1 aromatic heterocycles. The van der Waals surface area contributed by atoms with Gasteiger partial charge < -0.3 is 21.1 Å². The summed E-state index contributed by atoms with van der Waals surface area (Å²) in [4.78, 5) is 40.7. The average Bonchev–Trinajstić information content (AvgIpc) is 3.22. The first-order valence-electron chi connectivity index (χ1n) is 9.66. The second-order valence-corrected chi connectivity index (χ2v) is 8.70. The van der Waals surface area contributed by atoms with Crippen molar-refractivity contribution in [2.24, 2.45) is 5.92 Å². The molecule has 0 aliphatic heterocycles. The fourth-order valence-corrected chi connectivity index (χ4v) is 3.82. The maximum atomic E-state index is 12.4. The molecule has 0 aliphatic carbocycles. The summed E-state index contributed by atoms with van der Waals surface area (Å²) in [6.45, 7) is 3.44. The molecule has 3 rings (SSSR count). The molecule has 0 unspecified atom stereocenters. The lowest BCUT2D eigenvalue weighted by Crippen LogP contribution is -2.44. The Bertz CT molecular complexity index is 1130. The van der Waals surface area contributed by atoms with Crippen LogP contribution in [0.3, 0.4) is 0 Å². The van der Waals surface area contributed by atoms with E-state index in [0.29, 0.717) is 16.4 Å². The number of anilines is 2. The Morgan fingerprint density at radius 1 is 1.03 bits per heavy atom. The Kier molecular flexibility index (Phi) is 7.45. The third kappa shape index (κ3) is 6.05. The van der Waals surface area contributed by atoms with Gasteiger partial charge in [-0.15, -0.1) is 11.3 Å². The van der Waals surface area contributed by atoms with Crippen molar-refractivity contribution in [2.45, 2.75) is 19.9 Å². The molecule has 1 atom stereocenters. The smallest absolute Gasteiger partial charge is 0.326 e. The number of rotatable bonds is 7. The van der Waals surface area contributed by atoms with E-state index in [-0.39, 0.29) is 10.9 Å². The first-order valence-corrected chi connectivity index (χ1v) is 10.9. The molecule has 3 aromatic rings. The van der Waals surface area contributed by atoms with Gasteiger partial charge in [0.05, 0.1) is 4.88 Å². The number of nitrogens with zero attached hydrogens (tertiary/aromatic N) is 1. The van der Waals surface area contributed by atoms with Crippen LogP contribution >= 0.6 is 22.9 Å². The molecule has 166 valence electrons. The third-order valence-corrected chi connectivity index (χ3v) is 5.71. The third-order valence-electron chi connectivity index (χ3n) is 4.43. The Morgan fingerprint density at radius 3 is 2.34 bits per heavy atom. The molecular weight excluding hydrogens is 452 g/mol. The van der Waals surface area contributed by atoms with Crippen LogP contribution in [0.2, 0.25) is 5.02 Å². The van der Waals surface area contributed by atoms with Crippen molar-refractivity contribution in [1.29, 1.82) is 0 Å². The van der Waals surface area contributed by atoms with E-state index >= 15 is 0 Å². The number of amides is 3. The van der Waals surface area contributed by atoms with E-state index in [1.165, 1.54) is 0 Å². The summed E-state index contributed by atoms with van der Waals surface area (Å²) in [6.07, 6.45) is 1.55. The van der Waals surface area contributed by atoms with Crippen molar-refractivity contribution >= 4 is 52.2 Å². The molecule has 0 saturated heterocycles. The van der Waals surface area contributed by atoms with Gasteiger partial charge in [-0.05, 0) is 41.8 Å². The van der Waals surface area contributed by atoms with Crippen LogP contribution in [-0.4, -0.2) is 34.0 Å². The highest BCUT2D eigenvalue weighted by atomic mass is 35.5. The number of hydrogen-bond donors (Lipinski definition) is 4. The number of urea groups is 1. The molecule has 2 aromatic carbocycles. The lowest BCUT2D eigenvalue weighted by molar-refractivity contribution is -0.140. The SMILES string of the molecule is CC(C)[C@H](NC(=O)c1ncc(-c2ccc(NC(=O)Nc3cccc(Cl)c3)cc2)s1)C(=O)O. The minimum atomic E-state index is -1.09. The quantitative estimate of drug-likeness (QED) is 0.388. The molecule has 3 amide bonds. The zero-order valence-corrected chi connectivity index (χ0v) is 18.8. The summed E-state index contributed by atoms with van der Waals surface area (Å²) in [5.74, 6) is -1.88. The summed E-state index contributed by atoms with van der Waals surface area (Å²) in [6, 6.07) is 12.5. The molecule has 32 heavy (non-hydrogen) atoms. The second-order valence-electron chi connectivity index (χ2n) is 7.23. The van der Waals surface area contributed by atoms with E-state index in [1.54, 1.807) is 68.6 Å². The predicted octanol–water partition coefficient (Wildman–Crippen LogP) is 4.95. The summed E-state index contributed by atoms with van der Waals surface area (Å²) in [5.41, 5.74) is 1.96. The minimum absolute atomic E-state index is 0.176. The van der Waals surface area contributed by atoms with Crippen LogP contribution in [0.4, 0.5) is 16.2 Å². The molecular formula is C22H21ClN4O4S. The first kappa shape index (κ1) is 23.2. The molecule has 1 heterocycles. The van der Waals surface area contributed by atoms with Gasteiger partial charge in [0, 0.05) is 22.6 Å². The predicted molar refractivity (Wildman–Crippen MR) is 125 cm³/mol. The van der Waals surface area contributed by atoms with Gasteiger partial charge in [-0.2, -0.15) is 0 Å². The van der Waals surface area contributed by atoms with E-state index < -0.39 is 23.9 Å². The van der Waals surface area contributed by atoms with Gasteiger partial charge >= 0.3 is 12.0 Å². The van der Waals surface area contributed by atoms with E-state index in [9.17, 15) is 19.5 Å². The van der Waals surface area contributed by atoms with Crippen LogP contribution in [0.5, 0.6) is 0 Å². The Hall–Kier alpha value is -3.43. The lowest BCUT2D eigenvalue weighted by Gasteiger charge is -2.16. The van der Waals surface area contributed by atoms with Crippen molar-refractivity contribution in [3.8, 4) is 10.4 Å². The van der Waals surface area contributed by atoms with Gasteiger partial charge in [-0.3, -0.25) is 4.79 Å². The van der Waals surface area contributed by atoms with E-state index in [2.05, 4.69) is 20.9 Å². The van der Waals surface area contributed by atoms with Gasteiger partial charge in [-0.1, -0.05) is 43.6 Å². The number of hydrogen-bond acceptors (Lipinski definition) is 5. The molecule has 0 aliphatic rings. The Balaban J connectivity index is 1.62. The van der Waals surface area contributed by atoms with Crippen molar-refractivity contribution in [2.75, 3.05) is 10.6 Å². The minimum Gasteiger partial charge on any atom is -0.480 e. The lowest BCUT2D eigenvalue weighted by atomic mass is 10.1. The van der Waals surface area contributed by atoms with E-state index in [1.807, 2.05) is 0 Å². The molecule has 10 heteroatoms. The number of carbonyl (C=O) groups is 3. The summed E-state index contributed by atoms with van der Waals surface area (Å²) in [5, 5.41) is 17.9. The van der Waals surface area contributed by atoms with E-state index in [0.717, 1.165) is 21.8 Å². The van der Waals surface area contributed by atoms with Crippen LogP contribution in [0.25, 0.3) is 10.4 Å². The number of thiazole rings is 1. The number of halogens is 1. The van der Waals surface area contributed by atoms with Crippen molar-refractivity contribution in [1.82, 2.24) is 10.3 Å². The van der Waals surface area contributed by atoms with Gasteiger partial charge in [0.1, 0.15) is 6.04 Å². The van der Waals surface area contributed by atoms with Crippen molar-refractivity contribution in [3.05, 3.63) is 64.8 Å². The summed E-state index contributed by atoms with van der Waals surface area (Å²) in [7, 11) is 0. The fourth-order valence-electron chi connectivity index (χ4n) is 2.81. The Morgan fingerprint density at radius 2 is 1.72 bits per heavy atom. The van der Waals surface area contributed by atoms with Gasteiger partial charge in [0.15, 0.2) is 5.01 Å². The normalized spacial score (nSPS) is 11.6. The molecule has 8 nitrogen and oxygen atoms in total. The van der Waals surface area contributed by atoms with Crippen LogP contribution in [0.15, 0.2) is 54.7 Å².